The molecule has 7 nitrogen and oxygen atoms in total. The number of amides is 1. The Morgan fingerprint density at radius 3 is 2.81 bits per heavy atom. The van der Waals surface area contributed by atoms with Crippen molar-refractivity contribution in [3.05, 3.63) is 41.6 Å². The van der Waals surface area contributed by atoms with Crippen LogP contribution in [0, 0.1) is 11.3 Å². The fraction of sp³-hybridized carbons (Fsp3) is 0.421. The molecule has 0 bridgehead atoms. The SMILES string of the molecule is CC(C)NC(=O)O[C@H]1CC[C@@H](c2cc(Nc3ccc(C#N)cc3)n[nH]2)C1. The highest BCUT2D eigenvalue weighted by molar-refractivity contribution is 5.67. The van der Waals surface area contributed by atoms with Crippen LogP contribution in [0.15, 0.2) is 30.3 Å². The molecule has 1 aromatic heterocycles. The van der Waals surface area contributed by atoms with Crippen LogP contribution in [-0.2, 0) is 4.74 Å². The number of carbonyl (C=O) groups is 1. The van der Waals surface area contributed by atoms with Crippen molar-refractivity contribution in [1.82, 2.24) is 15.5 Å². The Labute approximate surface area is 152 Å². The van der Waals surface area contributed by atoms with Gasteiger partial charge in [-0.3, -0.25) is 5.10 Å². The van der Waals surface area contributed by atoms with E-state index in [1.54, 1.807) is 12.1 Å². The van der Waals surface area contributed by atoms with E-state index in [-0.39, 0.29) is 18.2 Å². The summed E-state index contributed by atoms with van der Waals surface area (Å²) in [6.07, 6.45) is 2.20. The zero-order chi connectivity index (χ0) is 18.5. The van der Waals surface area contributed by atoms with E-state index in [4.69, 9.17) is 10.00 Å². The summed E-state index contributed by atoms with van der Waals surface area (Å²) in [5, 5.41) is 22.2. The van der Waals surface area contributed by atoms with Gasteiger partial charge in [-0.1, -0.05) is 0 Å². The zero-order valence-corrected chi connectivity index (χ0v) is 15.0. The molecule has 2 aromatic rings. The Bertz CT molecular complexity index is 791. The molecule has 1 saturated carbocycles. The minimum atomic E-state index is -0.349. The molecule has 0 unspecified atom stereocenters. The molecule has 0 radical (unpaired) electrons. The lowest BCUT2D eigenvalue weighted by Crippen LogP contribution is -2.33. The Morgan fingerprint density at radius 2 is 2.12 bits per heavy atom. The van der Waals surface area contributed by atoms with Crippen LogP contribution < -0.4 is 10.6 Å². The number of rotatable bonds is 5. The van der Waals surface area contributed by atoms with Crippen molar-refractivity contribution in [3.8, 4) is 6.07 Å². The molecular weight excluding hydrogens is 330 g/mol. The third kappa shape index (κ3) is 4.54. The van der Waals surface area contributed by atoms with Gasteiger partial charge in [0.05, 0.1) is 11.6 Å². The quantitative estimate of drug-likeness (QED) is 0.759. The van der Waals surface area contributed by atoms with Gasteiger partial charge in [-0.25, -0.2) is 4.79 Å². The number of nitrogens with zero attached hydrogens (tertiary/aromatic N) is 2. The highest BCUT2D eigenvalue weighted by Gasteiger charge is 2.30. The van der Waals surface area contributed by atoms with Crippen molar-refractivity contribution in [1.29, 1.82) is 5.26 Å². The van der Waals surface area contributed by atoms with E-state index in [9.17, 15) is 4.79 Å². The Balaban J connectivity index is 1.55. The molecular formula is C19H23N5O2. The van der Waals surface area contributed by atoms with E-state index >= 15 is 0 Å². The molecule has 2 atom stereocenters. The second-order valence-corrected chi connectivity index (χ2v) is 6.86. The predicted molar refractivity (Wildman–Crippen MR) is 98.2 cm³/mol. The van der Waals surface area contributed by atoms with Gasteiger partial charge in [0.1, 0.15) is 6.10 Å². The van der Waals surface area contributed by atoms with Gasteiger partial charge in [-0.15, -0.1) is 0 Å². The standard InChI is InChI=1S/C19H23N5O2/c1-12(2)21-19(25)26-16-8-5-14(9-16)17-10-18(24-23-17)22-15-6-3-13(11-20)4-7-15/h3-4,6-7,10,12,14,16H,5,8-9H2,1-2H3,(H,21,25)(H2,22,23,24)/t14-,16+/m1/s1. The number of aromatic nitrogens is 2. The highest BCUT2D eigenvalue weighted by atomic mass is 16.6. The van der Waals surface area contributed by atoms with Gasteiger partial charge in [-0.2, -0.15) is 10.4 Å². The van der Waals surface area contributed by atoms with E-state index in [1.807, 2.05) is 32.0 Å². The maximum absolute atomic E-state index is 11.7. The molecule has 1 aliphatic rings. The first kappa shape index (κ1) is 17.8. The first-order chi connectivity index (χ1) is 12.5. The van der Waals surface area contributed by atoms with E-state index in [1.165, 1.54) is 0 Å². The molecule has 1 heterocycles. The number of benzene rings is 1. The second kappa shape index (κ2) is 7.91. The Kier molecular flexibility index (Phi) is 5.42. The predicted octanol–water partition coefficient (Wildman–Crippen LogP) is 3.80. The smallest absolute Gasteiger partial charge is 0.407 e. The second-order valence-electron chi connectivity index (χ2n) is 6.86. The number of anilines is 2. The number of hydrogen-bond acceptors (Lipinski definition) is 5. The fourth-order valence-corrected chi connectivity index (χ4v) is 3.14. The molecule has 1 aromatic carbocycles. The first-order valence-corrected chi connectivity index (χ1v) is 8.83. The van der Waals surface area contributed by atoms with E-state index in [2.05, 4.69) is 26.9 Å². The van der Waals surface area contributed by atoms with Crippen LogP contribution in [0.4, 0.5) is 16.3 Å². The number of carbonyl (C=O) groups excluding carboxylic acids is 1. The van der Waals surface area contributed by atoms with Gasteiger partial charge in [-0.05, 0) is 57.4 Å². The summed E-state index contributed by atoms with van der Waals surface area (Å²) in [6, 6.07) is 11.4. The molecule has 0 aliphatic heterocycles. The third-order valence-electron chi connectivity index (χ3n) is 4.39. The van der Waals surface area contributed by atoms with Crippen LogP contribution in [0.2, 0.25) is 0 Å². The number of hydrogen-bond donors (Lipinski definition) is 3. The monoisotopic (exact) mass is 353 g/mol. The average molecular weight is 353 g/mol. The number of nitriles is 1. The molecule has 26 heavy (non-hydrogen) atoms. The Hall–Kier alpha value is -3.01. The van der Waals surface area contributed by atoms with Crippen molar-refractivity contribution < 1.29 is 9.53 Å². The molecule has 1 amide bonds. The molecule has 7 heteroatoms. The minimum Gasteiger partial charge on any atom is -0.446 e. The molecule has 0 spiro atoms. The third-order valence-corrected chi connectivity index (χ3v) is 4.39. The maximum atomic E-state index is 11.7. The van der Waals surface area contributed by atoms with E-state index < -0.39 is 0 Å². The first-order valence-electron chi connectivity index (χ1n) is 8.83. The normalized spacial score (nSPS) is 19.2. The van der Waals surface area contributed by atoms with Crippen LogP contribution in [0.3, 0.4) is 0 Å². The lowest BCUT2D eigenvalue weighted by Gasteiger charge is -2.14. The molecule has 3 N–H and O–H groups in total. The summed E-state index contributed by atoms with van der Waals surface area (Å²) in [7, 11) is 0. The summed E-state index contributed by atoms with van der Waals surface area (Å²) in [5.41, 5.74) is 2.54. The summed E-state index contributed by atoms with van der Waals surface area (Å²) in [5.74, 6) is 1.03. The van der Waals surface area contributed by atoms with Gasteiger partial charge >= 0.3 is 6.09 Å². The number of aromatic amines is 1. The minimum absolute atomic E-state index is 0.0583. The van der Waals surface area contributed by atoms with Crippen molar-refractivity contribution in [2.45, 2.75) is 51.2 Å². The van der Waals surface area contributed by atoms with Crippen LogP contribution in [0.25, 0.3) is 0 Å². The fourth-order valence-electron chi connectivity index (χ4n) is 3.14. The van der Waals surface area contributed by atoms with Crippen molar-refractivity contribution >= 4 is 17.6 Å². The van der Waals surface area contributed by atoms with E-state index in [0.29, 0.717) is 11.5 Å². The Morgan fingerprint density at radius 1 is 1.35 bits per heavy atom. The van der Waals surface area contributed by atoms with Crippen molar-refractivity contribution in [3.63, 3.8) is 0 Å². The number of alkyl carbamates (subject to hydrolysis) is 1. The van der Waals surface area contributed by atoms with Gasteiger partial charge in [0.25, 0.3) is 0 Å². The molecule has 0 saturated heterocycles. The summed E-state index contributed by atoms with van der Waals surface area (Å²) in [6.45, 7) is 3.82. The van der Waals surface area contributed by atoms with Gasteiger partial charge in [0, 0.05) is 29.4 Å². The molecule has 1 fully saturated rings. The van der Waals surface area contributed by atoms with Crippen LogP contribution >= 0.6 is 0 Å². The van der Waals surface area contributed by atoms with Gasteiger partial charge < -0.3 is 15.4 Å². The highest BCUT2D eigenvalue weighted by Crippen LogP contribution is 2.36. The lowest BCUT2D eigenvalue weighted by atomic mass is 10.0. The van der Waals surface area contributed by atoms with Crippen molar-refractivity contribution in [2.24, 2.45) is 0 Å². The maximum Gasteiger partial charge on any atom is 0.407 e. The van der Waals surface area contributed by atoms with Crippen molar-refractivity contribution in [2.75, 3.05) is 5.32 Å². The number of nitrogens with one attached hydrogen (secondary N) is 3. The van der Waals surface area contributed by atoms with Crippen LogP contribution in [-0.4, -0.2) is 28.4 Å². The molecule has 136 valence electrons. The zero-order valence-electron chi connectivity index (χ0n) is 15.0. The van der Waals surface area contributed by atoms with Crippen LogP contribution in [0.1, 0.15) is 50.3 Å². The average Bonchev–Trinajstić information content (AvgIpc) is 3.24. The topological polar surface area (TPSA) is 103 Å². The number of H-pyrrole nitrogens is 1. The van der Waals surface area contributed by atoms with Crippen LogP contribution in [0.5, 0.6) is 0 Å². The molecule has 1 aliphatic carbocycles. The summed E-state index contributed by atoms with van der Waals surface area (Å²) >= 11 is 0. The largest absolute Gasteiger partial charge is 0.446 e. The van der Waals surface area contributed by atoms with E-state index in [0.717, 1.165) is 36.5 Å². The van der Waals surface area contributed by atoms with Gasteiger partial charge in [0.2, 0.25) is 0 Å². The number of ether oxygens (including phenoxy) is 1. The van der Waals surface area contributed by atoms with Gasteiger partial charge in [0.15, 0.2) is 5.82 Å². The summed E-state index contributed by atoms with van der Waals surface area (Å²) in [4.78, 5) is 11.7. The molecule has 3 rings (SSSR count). The lowest BCUT2D eigenvalue weighted by molar-refractivity contribution is 0.0981. The summed E-state index contributed by atoms with van der Waals surface area (Å²) < 4.78 is 5.47.